The summed E-state index contributed by atoms with van der Waals surface area (Å²) in [5, 5.41) is 9.60. The molecule has 0 bridgehead atoms. The van der Waals surface area contributed by atoms with Gasteiger partial charge in [0, 0.05) is 23.0 Å². The lowest BCUT2D eigenvalue weighted by Crippen LogP contribution is -2.08. The van der Waals surface area contributed by atoms with Crippen LogP contribution in [0.1, 0.15) is 25.8 Å². The molecule has 1 atom stereocenters. The zero-order chi connectivity index (χ0) is 20.2. The third-order valence-electron chi connectivity index (χ3n) is 4.70. The minimum atomic E-state index is 0.450. The molecule has 3 aromatic rings. The highest BCUT2D eigenvalue weighted by Crippen LogP contribution is 2.28. The van der Waals surface area contributed by atoms with Gasteiger partial charge in [0.1, 0.15) is 0 Å². The number of thioether (sulfide) groups is 1. The minimum absolute atomic E-state index is 0.450. The van der Waals surface area contributed by atoms with E-state index in [1.54, 1.807) is 11.3 Å². The molecule has 0 saturated heterocycles. The van der Waals surface area contributed by atoms with Crippen LogP contribution in [0.15, 0.2) is 47.5 Å². The second-order valence-corrected chi connectivity index (χ2v) is 10.1. The van der Waals surface area contributed by atoms with E-state index in [1.807, 2.05) is 30.0 Å². The molecule has 0 aliphatic carbocycles. The lowest BCUT2D eigenvalue weighted by molar-refractivity contribution is 0.529. The molecular weight excluding hydrogens is 420 g/mol. The molecule has 2 heterocycles. The van der Waals surface area contributed by atoms with E-state index < -0.39 is 0 Å². The molecule has 152 valence electrons. The van der Waals surface area contributed by atoms with Gasteiger partial charge in [-0.25, -0.2) is 4.98 Å². The number of aliphatic imine (C=N–C) groups is 1. The molecule has 7 heteroatoms. The summed E-state index contributed by atoms with van der Waals surface area (Å²) in [5.74, 6) is 1.78. The normalized spacial score (nSPS) is 16.4. The van der Waals surface area contributed by atoms with Crippen molar-refractivity contribution in [2.75, 3.05) is 22.9 Å². The van der Waals surface area contributed by atoms with Crippen LogP contribution in [-0.2, 0) is 6.42 Å². The molecular formula is C22H25ClN4S2. The number of aromatic nitrogens is 1. The van der Waals surface area contributed by atoms with Crippen molar-refractivity contribution in [3.05, 3.63) is 53.1 Å². The van der Waals surface area contributed by atoms with E-state index in [-0.39, 0.29) is 0 Å². The van der Waals surface area contributed by atoms with Gasteiger partial charge < -0.3 is 10.6 Å². The zero-order valence-corrected chi connectivity index (χ0v) is 19.0. The van der Waals surface area contributed by atoms with Crippen molar-refractivity contribution in [2.45, 2.75) is 32.7 Å². The largest absolute Gasteiger partial charge is 0.361 e. The highest BCUT2D eigenvalue weighted by Gasteiger charge is 2.19. The maximum absolute atomic E-state index is 6.05. The van der Waals surface area contributed by atoms with Gasteiger partial charge in [-0.15, -0.1) is 0 Å². The van der Waals surface area contributed by atoms with Crippen LogP contribution in [0.4, 0.5) is 10.8 Å². The Morgan fingerprint density at radius 1 is 1.17 bits per heavy atom. The van der Waals surface area contributed by atoms with Crippen LogP contribution < -0.4 is 10.6 Å². The van der Waals surface area contributed by atoms with Gasteiger partial charge >= 0.3 is 0 Å². The summed E-state index contributed by atoms with van der Waals surface area (Å²) in [5.41, 5.74) is 3.38. The molecule has 0 spiro atoms. The number of fused-ring (bicyclic) bond motifs is 1. The molecule has 1 aromatic heterocycles. The van der Waals surface area contributed by atoms with E-state index in [0.717, 1.165) is 56.4 Å². The van der Waals surface area contributed by atoms with Crippen molar-refractivity contribution in [3.63, 3.8) is 0 Å². The Morgan fingerprint density at radius 2 is 2.00 bits per heavy atom. The van der Waals surface area contributed by atoms with Gasteiger partial charge in [-0.2, -0.15) is 0 Å². The van der Waals surface area contributed by atoms with E-state index >= 15 is 0 Å². The molecule has 4 nitrogen and oxygen atoms in total. The molecule has 2 N–H and O–H groups in total. The monoisotopic (exact) mass is 444 g/mol. The van der Waals surface area contributed by atoms with E-state index in [4.69, 9.17) is 16.6 Å². The van der Waals surface area contributed by atoms with Crippen molar-refractivity contribution in [2.24, 2.45) is 10.9 Å². The lowest BCUT2D eigenvalue weighted by Gasteiger charge is -2.08. The molecule has 1 aliphatic rings. The third kappa shape index (κ3) is 5.65. The fourth-order valence-corrected chi connectivity index (χ4v) is 5.46. The Balaban J connectivity index is 1.27. The first-order chi connectivity index (χ1) is 14.0. The third-order valence-corrected chi connectivity index (χ3v) is 6.94. The summed E-state index contributed by atoms with van der Waals surface area (Å²) >= 11 is 9.51. The second-order valence-electron chi connectivity index (χ2n) is 7.66. The maximum Gasteiger partial charge on any atom is 0.183 e. The number of nitrogens with zero attached hydrogens (tertiary/aromatic N) is 2. The molecule has 0 saturated carbocycles. The Labute approximate surface area is 185 Å². The zero-order valence-electron chi connectivity index (χ0n) is 16.6. The van der Waals surface area contributed by atoms with Gasteiger partial charge in [-0.3, -0.25) is 4.99 Å². The Hall–Kier alpha value is -1.76. The van der Waals surface area contributed by atoms with E-state index in [9.17, 15) is 0 Å². The van der Waals surface area contributed by atoms with Crippen LogP contribution in [-0.4, -0.2) is 28.5 Å². The number of amidine groups is 1. The number of nitrogens with one attached hydrogen (secondary N) is 2. The summed E-state index contributed by atoms with van der Waals surface area (Å²) in [6.07, 6.45) is 2.11. The van der Waals surface area contributed by atoms with Crippen LogP contribution >= 0.6 is 34.7 Å². The lowest BCUT2D eigenvalue weighted by atomic mass is 10.1. The van der Waals surface area contributed by atoms with Crippen molar-refractivity contribution >= 4 is 60.9 Å². The second kappa shape index (κ2) is 9.37. The molecule has 0 unspecified atom stereocenters. The number of thiazole rings is 1. The van der Waals surface area contributed by atoms with Crippen molar-refractivity contribution < 1.29 is 0 Å². The van der Waals surface area contributed by atoms with Crippen molar-refractivity contribution in [3.8, 4) is 0 Å². The van der Waals surface area contributed by atoms with Crippen LogP contribution in [0, 0.1) is 5.92 Å². The summed E-state index contributed by atoms with van der Waals surface area (Å²) < 4.78 is 1.11. The number of halogens is 1. The molecule has 1 aliphatic heterocycles. The van der Waals surface area contributed by atoms with Crippen LogP contribution in [0.2, 0.25) is 5.02 Å². The van der Waals surface area contributed by atoms with Gasteiger partial charge in [0.25, 0.3) is 0 Å². The predicted octanol–water partition coefficient (Wildman–Crippen LogP) is 6.53. The average molecular weight is 445 g/mol. The van der Waals surface area contributed by atoms with Gasteiger partial charge in [-0.1, -0.05) is 60.7 Å². The topological polar surface area (TPSA) is 49.3 Å². The summed E-state index contributed by atoms with van der Waals surface area (Å²) in [4.78, 5) is 9.40. The van der Waals surface area contributed by atoms with Gasteiger partial charge in [0.15, 0.2) is 10.3 Å². The van der Waals surface area contributed by atoms with Gasteiger partial charge in [0.2, 0.25) is 0 Å². The average Bonchev–Trinajstić information content (AvgIpc) is 3.28. The fourth-order valence-electron chi connectivity index (χ4n) is 3.31. The number of benzene rings is 2. The van der Waals surface area contributed by atoms with Crippen LogP contribution in [0.3, 0.4) is 0 Å². The first-order valence-electron chi connectivity index (χ1n) is 9.92. The molecule has 0 fully saturated rings. The SMILES string of the molecule is CC(C)C[C@@H]1CSC(Nc2ccc(CCNc3nc4ccc(Cl)cc4s3)cc2)=N1. The molecule has 4 rings (SSSR count). The van der Waals surface area contributed by atoms with Crippen LogP contribution in [0.5, 0.6) is 0 Å². The number of anilines is 2. The molecule has 0 amide bonds. The molecule has 2 aromatic carbocycles. The quantitative estimate of drug-likeness (QED) is 0.434. The first kappa shape index (κ1) is 20.5. The van der Waals surface area contributed by atoms with E-state index in [2.05, 4.69) is 53.7 Å². The fraction of sp³-hybridized carbons (Fsp3) is 0.364. The highest BCUT2D eigenvalue weighted by molar-refractivity contribution is 8.14. The maximum atomic E-state index is 6.05. The van der Waals surface area contributed by atoms with Gasteiger partial charge in [-0.05, 0) is 54.7 Å². The van der Waals surface area contributed by atoms with E-state index in [0.29, 0.717) is 12.0 Å². The Kier molecular flexibility index (Phi) is 6.63. The standard InChI is InChI=1S/C22H25ClN4S2/c1-14(2)11-18-13-28-22(26-18)25-17-6-3-15(4-7-17)9-10-24-21-27-19-8-5-16(23)12-20(19)29-21/h3-8,12,14,18H,9-11,13H2,1-2H3,(H,24,27)(H,25,26)/t18-/m1/s1. The van der Waals surface area contributed by atoms with E-state index in [1.165, 1.54) is 5.56 Å². The minimum Gasteiger partial charge on any atom is -0.361 e. The Morgan fingerprint density at radius 3 is 2.79 bits per heavy atom. The van der Waals surface area contributed by atoms with Gasteiger partial charge in [0.05, 0.1) is 16.3 Å². The first-order valence-corrected chi connectivity index (χ1v) is 12.1. The van der Waals surface area contributed by atoms with Crippen molar-refractivity contribution in [1.82, 2.24) is 4.98 Å². The number of hydrogen-bond acceptors (Lipinski definition) is 6. The Bertz CT molecular complexity index is 998. The highest BCUT2D eigenvalue weighted by atomic mass is 35.5. The summed E-state index contributed by atoms with van der Waals surface area (Å²) in [6, 6.07) is 14.9. The van der Waals surface area contributed by atoms with Crippen molar-refractivity contribution in [1.29, 1.82) is 0 Å². The predicted molar refractivity (Wildman–Crippen MR) is 130 cm³/mol. The smallest absolute Gasteiger partial charge is 0.183 e. The molecule has 0 radical (unpaired) electrons. The van der Waals surface area contributed by atoms with Crippen LogP contribution in [0.25, 0.3) is 10.2 Å². The summed E-state index contributed by atoms with van der Waals surface area (Å²) in [7, 11) is 0. The molecule has 29 heavy (non-hydrogen) atoms. The number of hydrogen-bond donors (Lipinski definition) is 2. The summed E-state index contributed by atoms with van der Waals surface area (Å²) in [6.45, 7) is 5.36. The number of rotatable bonds is 7.